The van der Waals surface area contributed by atoms with Gasteiger partial charge < -0.3 is 10.6 Å². The van der Waals surface area contributed by atoms with Gasteiger partial charge in [0, 0.05) is 36.2 Å². The first-order valence-corrected chi connectivity index (χ1v) is 9.60. The van der Waals surface area contributed by atoms with E-state index in [9.17, 15) is 5.26 Å². The van der Waals surface area contributed by atoms with Crippen LogP contribution in [0.4, 0.5) is 5.95 Å². The molecular weight excluding hydrogens is 356 g/mol. The van der Waals surface area contributed by atoms with Crippen LogP contribution in [0, 0.1) is 16.7 Å². The number of allylic oxidation sites excluding steroid dienone is 2. The van der Waals surface area contributed by atoms with Crippen LogP contribution >= 0.6 is 11.8 Å². The lowest BCUT2D eigenvalue weighted by atomic mass is 9.93. The molecule has 1 aliphatic heterocycles. The highest BCUT2D eigenvalue weighted by molar-refractivity contribution is 8.06. The lowest BCUT2D eigenvalue weighted by molar-refractivity contribution is 0.481. The van der Waals surface area contributed by atoms with E-state index in [1.807, 2.05) is 18.3 Å². The molecule has 1 aliphatic rings. The van der Waals surface area contributed by atoms with E-state index in [4.69, 9.17) is 0 Å². The van der Waals surface area contributed by atoms with Crippen molar-refractivity contribution in [3.8, 4) is 6.07 Å². The van der Waals surface area contributed by atoms with Gasteiger partial charge in [-0.1, -0.05) is 38.6 Å². The number of aromatic nitrogens is 3. The summed E-state index contributed by atoms with van der Waals surface area (Å²) >= 11 is 1.52. The van der Waals surface area contributed by atoms with Gasteiger partial charge in [0.05, 0.1) is 10.7 Å². The predicted molar refractivity (Wildman–Crippen MR) is 109 cm³/mol. The summed E-state index contributed by atoms with van der Waals surface area (Å²) in [4.78, 5) is 12.9. The number of anilines is 1. The topological polar surface area (TPSA) is 86.5 Å². The molecule has 0 bridgehead atoms. The fourth-order valence-electron chi connectivity index (χ4n) is 2.46. The highest BCUT2D eigenvalue weighted by Crippen LogP contribution is 2.37. The molecule has 0 aromatic carbocycles. The second-order valence-corrected chi connectivity index (χ2v) is 8.02. The molecule has 27 heavy (non-hydrogen) atoms. The van der Waals surface area contributed by atoms with Gasteiger partial charge in [-0.3, -0.25) is 4.98 Å². The minimum atomic E-state index is -0.00000105. The smallest absolute Gasteiger partial charge is 0.223 e. The summed E-state index contributed by atoms with van der Waals surface area (Å²) in [6.07, 6.45) is 6.10. The quantitative estimate of drug-likeness (QED) is 0.762. The van der Waals surface area contributed by atoms with Gasteiger partial charge in [-0.15, -0.1) is 0 Å². The van der Waals surface area contributed by atoms with Gasteiger partial charge in [0.25, 0.3) is 0 Å². The molecule has 6 nitrogen and oxygen atoms in total. The minimum absolute atomic E-state index is 0.00000105. The van der Waals surface area contributed by atoms with E-state index in [1.165, 1.54) is 11.8 Å². The molecule has 0 spiro atoms. The maximum Gasteiger partial charge on any atom is 0.223 e. The van der Waals surface area contributed by atoms with Crippen LogP contribution in [0.1, 0.15) is 32.0 Å². The minimum Gasteiger partial charge on any atom is -0.354 e. The second-order valence-electron chi connectivity index (χ2n) is 7.14. The molecule has 0 saturated carbocycles. The van der Waals surface area contributed by atoms with Crippen molar-refractivity contribution in [2.24, 2.45) is 5.41 Å². The average Bonchev–Trinajstić information content (AvgIpc) is 3.14. The molecular formula is C20H22N6S. The first kappa shape index (κ1) is 18.9. The highest BCUT2D eigenvalue weighted by Gasteiger charge is 2.25. The number of hydrogen-bond acceptors (Lipinski definition) is 7. The summed E-state index contributed by atoms with van der Waals surface area (Å²) in [6, 6.07) is 7.99. The molecule has 0 atom stereocenters. The normalized spacial score (nSPS) is 15.6. The fraction of sp³-hybridized carbons (Fsp3) is 0.300. The molecule has 3 rings (SSSR count). The summed E-state index contributed by atoms with van der Waals surface area (Å²) in [7, 11) is 0. The zero-order valence-corrected chi connectivity index (χ0v) is 16.5. The Balaban J connectivity index is 1.71. The van der Waals surface area contributed by atoms with Crippen LogP contribution in [0.25, 0.3) is 5.57 Å². The molecule has 2 aromatic rings. The molecule has 0 radical (unpaired) electrons. The van der Waals surface area contributed by atoms with Gasteiger partial charge in [0.1, 0.15) is 11.6 Å². The Bertz CT molecular complexity index is 906. The molecule has 2 N–H and O–H groups in total. The third-order valence-electron chi connectivity index (χ3n) is 4.02. The number of nitrogens with one attached hydrogen (secondary N) is 2. The van der Waals surface area contributed by atoms with Crippen molar-refractivity contribution < 1.29 is 0 Å². The van der Waals surface area contributed by atoms with E-state index in [0.717, 1.165) is 22.7 Å². The van der Waals surface area contributed by atoms with Gasteiger partial charge in [0.2, 0.25) is 5.95 Å². The van der Waals surface area contributed by atoms with Crippen molar-refractivity contribution in [2.75, 3.05) is 11.9 Å². The highest BCUT2D eigenvalue weighted by atomic mass is 32.2. The lowest BCUT2D eigenvalue weighted by Crippen LogP contribution is -2.20. The summed E-state index contributed by atoms with van der Waals surface area (Å²) < 4.78 is 0. The van der Waals surface area contributed by atoms with Crippen molar-refractivity contribution in [2.45, 2.75) is 27.2 Å². The van der Waals surface area contributed by atoms with E-state index >= 15 is 0 Å². The van der Waals surface area contributed by atoms with Crippen molar-refractivity contribution in [3.05, 3.63) is 64.2 Å². The number of rotatable bonds is 5. The van der Waals surface area contributed by atoms with E-state index in [2.05, 4.69) is 57.8 Å². The van der Waals surface area contributed by atoms with Crippen LogP contribution < -0.4 is 10.6 Å². The standard InChI is InChI=1S/C20H22N6S/c1-20(2,3)17-13-27-18(26-17)15(11-21)16-7-10-24-19(25-16)23-9-6-14-5-4-8-22-12-14/h4-5,7-8,10,12-13,26H,6,9H2,1-3H3,(H,23,24,25)/b18-15+. The Morgan fingerprint density at radius 3 is 2.81 bits per heavy atom. The Labute approximate surface area is 163 Å². The number of thioether (sulfide) groups is 1. The Kier molecular flexibility index (Phi) is 5.77. The number of pyridine rings is 1. The zero-order valence-electron chi connectivity index (χ0n) is 15.7. The summed E-state index contributed by atoms with van der Waals surface area (Å²) in [5.74, 6) is 0.511. The van der Waals surface area contributed by atoms with Gasteiger partial charge in [-0.05, 0) is 29.5 Å². The molecule has 0 saturated heterocycles. The molecule has 0 fully saturated rings. The first-order valence-electron chi connectivity index (χ1n) is 8.72. The molecule has 0 aliphatic carbocycles. The number of nitrogens with zero attached hydrogens (tertiary/aromatic N) is 4. The molecule has 2 aromatic heterocycles. The van der Waals surface area contributed by atoms with Gasteiger partial charge >= 0.3 is 0 Å². The summed E-state index contributed by atoms with van der Waals surface area (Å²) in [6.45, 7) is 7.10. The van der Waals surface area contributed by atoms with Crippen LogP contribution in [0.15, 0.2) is 52.9 Å². The first-order chi connectivity index (χ1) is 13.0. The molecule has 0 unspecified atom stereocenters. The third-order valence-corrected chi connectivity index (χ3v) is 4.92. The van der Waals surface area contributed by atoms with E-state index < -0.39 is 0 Å². The Hall–Kier alpha value is -2.85. The summed E-state index contributed by atoms with van der Waals surface area (Å²) in [5, 5.41) is 19.1. The number of nitriles is 1. The second kappa shape index (κ2) is 8.23. The van der Waals surface area contributed by atoms with Crippen molar-refractivity contribution in [3.63, 3.8) is 0 Å². The Morgan fingerprint density at radius 1 is 1.30 bits per heavy atom. The molecule has 138 valence electrons. The third kappa shape index (κ3) is 4.86. The van der Waals surface area contributed by atoms with Crippen LogP contribution in [-0.2, 0) is 6.42 Å². The summed E-state index contributed by atoms with van der Waals surface area (Å²) in [5.41, 5.74) is 3.37. The van der Waals surface area contributed by atoms with E-state index in [-0.39, 0.29) is 5.41 Å². The largest absolute Gasteiger partial charge is 0.354 e. The van der Waals surface area contributed by atoms with Crippen LogP contribution in [0.5, 0.6) is 0 Å². The Morgan fingerprint density at radius 2 is 2.15 bits per heavy atom. The maximum absolute atomic E-state index is 9.67. The van der Waals surface area contributed by atoms with Gasteiger partial charge in [0.15, 0.2) is 0 Å². The van der Waals surface area contributed by atoms with E-state index in [0.29, 0.717) is 23.8 Å². The predicted octanol–water partition coefficient (Wildman–Crippen LogP) is 3.94. The molecule has 7 heteroatoms. The lowest BCUT2D eigenvalue weighted by Gasteiger charge is -2.20. The monoisotopic (exact) mass is 378 g/mol. The zero-order chi connectivity index (χ0) is 19.3. The van der Waals surface area contributed by atoms with Gasteiger partial charge in [-0.2, -0.15) is 5.26 Å². The maximum atomic E-state index is 9.67. The number of hydrogen-bond donors (Lipinski definition) is 2. The van der Waals surface area contributed by atoms with Crippen molar-refractivity contribution >= 4 is 23.3 Å². The SMILES string of the molecule is CC(C)(C)C1=CS/C(=C(\C#N)c2ccnc(NCCc3cccnc3)n2)N1. The average molecular weight is 379 g/mol. The van der Waals surface area contributed by atoms with Crippen LogP contribution in [0.3, 0.4) is 0 Å². The van der Waals surface area contributed by atoms with Gasteiger partial charge in [-0.25, -0.2) is 9.97 Å². The van der Waals surface area contributed by atoms with Crippen LogP contribution in [0.2, 0.25) is 0 Å². The van der Waals surface area contributed by atoms with E-state index in [1.54, 1.807) is 18.5 Å². The van der Waals surface area contributed by atoms with Crippen molar-refractivity contribution in [1.82, 2.24) is 20.3 Å². The molecule has 3 heterocycles. The van der Waals surface area contributed by atoms with Crippen LogP contribution in [-0.4, -0.2) is 21.5 Å². The van der Waals surface area contributed by atoms with Crippen molar-refractivity contribution in [1.29, 1.82) is 5.26 Å². The fourth-order valence-corrected chi connectivity index (χ4v) is 3.54. The molecule has 0 amide bonds.